The molecule has 2 aromatic carbocycles. The van der Waals surface area contributed by atoms with Crippen molar-refractivity contribution in [2.24, 2.45) is 0 Å². The van der Waals surface area contributed by atoms with Crippen LogP contribution in [0.25, 0.3) is 22.6 Å². The molecule has 1 aromatic heterocycles. The Morgan fingerprint density at radius 3 is 2.87 bits per heavy atom. The molecule has 0 spiro atoms. The Kier molecular flexibility index (Phi) is 3.13. The summed E-state index contributed by atoms with van der Waals surface area (Å²) in [4.78, 5) is 15.5. The smallest absolute Gasteiger partial charge is 0.256 e. The van der Waals surface area contributed by atoms with E-state index in [-0.39, 0.29) is 5.91 Å². The zero-order valence-corrected chi connectivity index (χ0v) is 13.1. The first-order valence-corrected chi connectivity index (χ1v) is 7.51. The number of amides is 1. The quantitative estimate of drug-likeness (QED) is 0.690. The summed E-state index contributed by atoms with van der Waals surface area (Å²) in [5.41, 5.74) is 4.16. The topological polar surface area (TPSA) is 54.1 Å². The van der Waals surface area contributed by atoms with E-state index < -0.39 is 0 Å². The van der Waals surface area contributed by atoms with E-state index in [0.29, 0.717) is 10.6 Å². The summed E-state index contributed by atoms with van der Waals surface area (Å²) in [5.74, 6) is 0.652. The highest BCUT2D eigenvalue weighted by atomic mass is 35.5. The zero-order valence-electron chi connectivity index (χ0n) is 12.3. The van der Waals surface area contributed by atoms with Crippen molar-refractivity contribution in [2.75, 3.05) is 12.4 Å². The highest BCUT2D eigenvalue weighted by molar-refractivity contribution is 6.36. The summed E-state index contributed by atoms with van der Waals surface area (Å²) >= 11 is 5.98. The van der Waals surface area contributed by atoms with Crippen molar-refractivity contribution in [3.05, 3.63) is 58.7 Å². The van der Waals surface area contributed by atoms with Gasteiger partial charge < -0.3 is 15.0 Å². The number of hydrogen-bond donors (Lipinski definition) is 2. The van der Waals surface area contributed by atoms with Gasteiger partial charge in [-0.25, -0.2) is 0 Å². The molecule has 5 heteroatoms. The van der Waals surface area contributed by atoms with Gasteiger partial charge in [0, 0.05) is 38.8 Å². The molecule has 114 valence electrons. The van der Waals surface area contributed by atoms with Crippen LogP contribution in [0.5, 0.6) is 5.75 Å². The Hall–Kier alpha value is -2.72. The van der Waals surface area contributed by atoms with Gasteiger partial charge in [0.1, 0.15) is 5.75 Å². The van der Waals surface area contributed by atoms with E-state index in [4.69, 9.17) is 16.3 Å². The molecule has 0 unspecified atom stereocenters. The van der Waals surface area contributed by atoms with E-state index in [2.05, 4.69) is 10.3 Å². The second-order valence-corrected chi connectivity index (χ2v) is 5.79. The standard InChI is InChI=1S/C18H13ClN2O2/c1-23-12-3-5-16-14(8-12)10(9-20-16)6-15-13-4-2-11(19)7-17(13)21-18(15)22/h2-9,20H,1H3,(H,21,22)/b15-6-. The number of carbonyl (C=O) groups excluding carboxylic acids is 1. The monoisotopic (exact) mass is 324 g/mol. The first-order valence-electron chi connectivity index (χ1n) is 7.14. The molecule has 2 heterocycles. The van der Waals surface area contributed by atoms with Crippen molar-refractivity contribution in [2.45, 2.75) is 0 Å². The molecule has 0 aliphatic carbocycles. The van der Waals surface area contributed by atoms with Crippen LogP contribution in [-0.2, 0) is 4.79 Å². The fourth-order valence-electron chi connectivity index (χ4n) is 2.83. The predicted octanol–water partition coefficient (Wildman–Crippen LogP) is 4.32. The maximum absolute atomic E-state index is 12.3. The van der Waals surface area contributed by atoms with Crippen molar-refractivity contribution in [3.63, 3.8) is 0 Å². The molecule has 4 nitrogen and oxygen atoms in total. The normalized spacial score (nSPS) is 15.0. The highest BCUT2D eigenvalue weighted by Gasteiger charge is 2.24. The lowest BCUT2D eigenvalue weighted by Crippen LogP contribution is -2.03. The molecule has 4 rings (SSSR count). The molecule has 0 radical (unpaired) electrons. The van der Waals surface area contributed by atoms with Gasteiger partial charge in [-0.15, -0.1) is 0 Å². The molecular formula is C18H13ClN2O2. The van der Waals surface area contributed by atoms with Gasteiger partial charge in [-0.05, 0) is 36.4 Å². The van der Waals surface area contributed by atoms with E-state index in [1.54, 1.807) is 19.2 Å². The van der Waals surface area contributed by atoms with Gasteiger partial charge in [0.2, 0.25) is 0 Å². The minimum atomic E-state index is -0.125. The molecule has 2 N–H and O–H groups in total. The van der Waals surface area contributed by atoms with Crippen LogP contribution in [0.4, 0.5) is 5.69 Å². The van der Waals surface area contributed by atoms with Gasteiger partial charge in [0.05, 0.1) is 12.8 Å². The average molecular weight is 325 g/mol. The Morgan fingerprint density at radius 1 is 1.17 bits per heavy atom. The van der Waals surface area contributed by atoms with Crippen LogP contribution >= 0.6 is 11.6 Å². The van der Waals surface area contributed by atoms with Gasteiger partial charge >= 0.3 is 0 Å². The molecule has 1 amide bonds. The number of halogens is 1. The first-order chi connectivity index (χ1) is 11.2. The van der Waals surface area contributed by atoms with Crippen LogP contribution in [0, 0.1) is 0 Å². The molecule has 23 heavy (non-hydrogen) atoms. The number of aromatic amines is 1. The van der Waals surface area contributed by atoms with Crippen molar-refractivity contribution in [3.8, 4) is 5.75 Å². The Labute approximate surface area is 137 Å². The van der Waals surface area contributed by atoms with E-state index >= 15 is 0 Å². The van der Waals surface area contributed by atoms with E-state index in [1.807, 2.05) is 36.5 Å². The van der Waals surface area contributed by atoms with Crippen LogP contribution in [0.1, 0.15) is 11.1 Å². The lowest BCUT2D eigenvalue weighted by Gasteiger charge is -2.01. The summed E-state index contributed by atoms with van der Waals surface area (Å²) in [6.45, 7) is 0. The number of rotatable bonds is 2. The number of aromatic nitrogens is 1. The number of hydrogen-bond acceptors (Lipinski definition) is 2. The summed E-state index contributed by atoms with van der Waals surface area (Å²) in [6.07, 6.45) is 3.77. The fraction of sp³-hybridized carbons (Fsp3) is 0.0556. The van der Waals surface area contributed by atoms with E-state index in [0.717, 1.165) is 33.5 Å². The Morgan fingerprint density at radius 2 is 2.04 bits per heavy atom. The third kappa shape index (κ3) is 2.28. The van der Waals surface area contributed by atoms with Crippen LogP contribution < -0.4 is 10.1 Å². The summed E-state index contributed by atoms with van der Waals surface area (Å²) in [6, 6.07) is 11.2. The maximum Gasteiger partial charge on any atom is 0.256 e. The van der Waals surface area contributed by atoms with E-state index in [9.17, 15) is 4.79 Å². The van der Waals surface area contributed by atoms with Crippen molar-refractivity contribution < 1.29 is 9.53 Å². The van der Waals surface area contributed by atoms with Gasteiger partial charge in [-0.3, -0.25) is 4.79 Å². The zero-order chi connectivity index (χ0) is 16.0. The second-order valence-electron chi connectivity index (χ2n) is 5.36. The first kappa shape index (κ1) is 13.9. The third-order valence-corrected chi connectivity index (χ3v) is 4.22. The van der Waals surface area contributed by atoms with Crippen LogP contribution in [0.3, 0.4) is 0 Å². The van der Waals surface area contributed by atoms with Crippen molar-refractivity contribution in [1.29, 1.82) is 0 Å². The molecule has 3 aromatic rings. The molecular weight excluding hydrogens is 312 g/mol. The summed E-state index contributed by atoms with van der Waals surface area (Å²) in [7, 11) is 1.64. The number of nitrogens with one attached hydrogen (secondary N) is 2. The lowest BCUT2D eigenvalue weighted by molar-refractivity contribution is -0.110. The maximum atomic E-state index is 12.3. The summed E-state index contributed by atoms with van der Waals surface area (Å²) < 4.78 is 5.28. The fourth-order valence-corrected chi connectivity index (χ4v) is 3.01. The molecule has 0 saturated heterocycles. The number of fused-ring (bicyclic) bond motifs is 2. The highest BCUT2D eigenvalue weighted by Crippen LogP contribution is 2.36. The number of H-pyrrole nitrogens is 1. The largest absolute Gasteiger partial charge is 0.497 e. The summed E-state index contributed by atoms with van der Waals surface area (Å²) in [5, 5.41) is 4.45. The molecule has 1 aliphatic heterocycles. The molecule has 1 aliphatic rings. The lowest BCUT2D eigenvalue weighted by atomic mass is 10.0. The SMILES string of the molecule is COc1ccc2[nH]cc(/C=C3\C(=O)Nc4cc(Cl)ccc43)c2c1. The van der Waals surface area contributed by atoms with Gasteiger partial charge in [-0.2, -0.15) is 0 Å². The molecule has 0 fully saturated rings. The van der Waals surface area contributed by atoms with Gasteiger partial charge in [0.15, 0.2) is 0 Å². The number of ether oxygens (including phenoxy) is 1. The molecule has 0 saturated carbocycles. The Balaban J connectivity index is 1.87. The Bertz CT molecular complexity index is 972. The van der Waals surface area contributed by atoms with Crippen LogP contribution in [0.2, 0.25) is 5.02 Å². The molecule has 0 atom stereocenters. The van der Waals surface area contributed by atoms with Crippen LogP contribution in [0.15, 0.2) is 42.6 Å². The van der Waals surface area contributed by atoms with E-state index in [1.165, 1.54) is 0 Å². The van der Waals surface area contributed by atoms with Crippen molar-refractivity contribution >= 4 is 45.7 Å². The predicted molar refractivity (Wildman–Crippen MR) is 92.8 cm³/mol. The van der Waals surface area contributed by atoms with Crippen molar-refractivity contribution in [1.82, 2.24) is 4.98 Å². The number of anilines is 1. The number of benzene rings is 2. The van der Waals surface area contributed by atoms with Gasteiger partial charge in [-0.1, -0.05) is 17.7 Å². The number of methoxy groups -OCH3 is 1. The molecule has 0 bridgehead atoms. The minimum absolute atomic E-state index is 0.125. The minimum Gasteiger partial charge on any atom is -0.497 e. The third-order valence-electron chi connectivity index (χ3n) is 3.99. The second kappa shape index (κ2) is 5.18. The van der Waals surface area contributed by atoms with Gasteiger partial charge in [0.25, 0.3) is 5.91 Å². The average Bonchev–Trinajstić information content (AvgIpc) is 3.08. The number of carbonyl (C=O) groups is 1. The van der Waals surface area contributed by atoms with Crippen LogP contribution in [-0.4, -0.2) is 18.0 Å².